The van der Waals surface area contributed by atoms with E-state index in [0.29, 0.717) is 17.7 Å². The van der Waals surface area contributed by atoms with Gasteiger partial charge in [-0.15, -0.1) is 10.2 Å². The molecule has 0 spiro atoms. The average molecular weight is 368 g/mol. The molecule has 2 heterocycles. The molecule has 1 amide bonds. The van der Waals surface area contributed by atoms with Crippen molar-refractivity contribution in [3.05, 3.63) is 70.5 Å². The molecule has 2 atom stereocenters. The highest BCUT2D eigenvalue weighted by Gasteiger charge is 2.47. The van der Waals surface area contributed by atoms with Gasteiger partial charge in [-0.1, -0.05) is 30.3 Å². The summed E-state index contributed by atoms with van der Waals surface area (Å²) in [6, 6.07) is 12.5. The molecule has 0 bridgehead atoms. The molecular weight excluding hydrogens is 351 g/mol. The van der Waals surface area contributed by atoms with Crippen molar-refractivity contribution in [1.29, 1.82) is 0 Å². The van der Waals surface area contributed by atoms with Crippen LogP contribution in [0.5, 0.6) is 0 Å². The molecule has 0 radical (unpaired) electrons. The van der Waals surface area contributed by atoms with Crippen molar-refractivity contribution < 1.29 is 18.7 Å². The molecule has 0 saturated heterocycles. The second-order valence-electron chi connectivity index (χ2n) is 6.30. The summed E-state index contributed by atoms with van der Waals surface area (Å²) < 4.78 is 24.8. The van der Waals surface area contributed by atoms with Crippen molar-refractivity contribution in [3.8, 4) is 0 Å². The van der Waals surface area contributed by atoms with Crippen LogP contribution in [0.25, 0.3) is 0 Å². The summed E-state index contributed by atoms with van der Waals surface area (Å²) >= 11 is 0. The quantitative estimate of drug-likeness (QED) is 0.895. The van der Waals surface area contributed by atoms with Gasteiger partial charge in [-0.25, -0.2) is 9.18 Å². The zero-order valence-corrected chi connectivity index (χ0v) is 14.6. The number of amides is 1. The largest absolute Gasteiger partial charge is 0.453 e. The molecule has 2 aliphatic rings. The highest BCUT2D eigenvalue weighted by atomic mass is 19.1. The lowest BCUT2D eigenvalue weighted by Crippen LogP contribution is -2.32. The van der Waals surface area contributed by atoms with Crippen molar-refractivity contribution in [1.82, 2.24) is 5.32 Å². The minimum absolute atomic E-state index is 0.0151. The van der Waals surface area contributed by atoms with E-state index in [-0.39, 0.29) is 6.54 Å². The lowest BCUT2D eigenvalue weighted by Gasteiger charge is -2.29. The molecule has 27 heavy (non-hydrogen) atoms. The third-order valence-corrected chi connectivity index (χ3v) is 4.78. The van der Waals surface area contributed by atoms with Crippen LogP contribution in [0.1, 0.15) is 28.4 Å². The number of halogens is 1. The van der Waals surface area contributed by atoms with Gasteiger partial charge in [0.05, 0.1) is 19.9 Å². The van der Waals surface area contributed by atoms with Crippen LogP contribution in [0.3, 0.4) is 0 Å². The minimum Gasteiger partial charge on any atom is -0.453 e. The van der Waals surface area contributed by atoms with E-state index in [9.17, 15) is 9.18 Å². The number of carbonyl (C=O) groups excluding carboxylic acids is 1. The lowest BCUT2D eigenvalue weighted by atomic mass is 9.82. The first-order valence-electron chi connectivity index (χ1n) is 8.40. The molecule has 7 nitrogen and oxygen atoms in total. The van der Waals surface area contributed by atoms with Crippen LogP contribution in [0.2, 0.25) is 0 Å². The van der Waals surface area contributed by atoms with Crippen molar-refractivity contribution in [2.75, 3.05) is 7.11 Å². The molecule has 138 valence electrons. The Hall–Kier alpha value is -3.13. The van der Waals surface area contributed by atoms with Crippen LogP contribution >= 0.6 is 0 Å². The first-order valence-corrected chi connectivity index (χ1v) is 8.40. The first-order chi connectivity index (χ1) is 13.1. The van der Waals surface area contributed by atoms with E-state index < -0.39 is 23.6 Å². The molecule has 8 heteroatoms. The van der Waals surface area contributed by atoms with Crippen LogP contribution in [-0.4, -0.2) is 19.4 Å². The Morgan fingerprint density at radius 3 is 3.00 bits per heavy atom. The topological polar surface area (TPSA) is 84.6 Å². The predicted octanol–water partition coefficient (Wildman–Crippen LogP) is 3.60. The zero-order valence-electron chi connectivity index (χ0n) is 14.6. The monoisotopic (exact) mass is 368 g/mol. The Morgan fingerprint density at radius 1 is 1.37 bits per heavy atom. The Bertz CT molecular complexity index is 932. The summed E-state index contributed by atoms with van der Waals surface area (Å²) in [4.78, 5) is 11.3. The van der Waals surface area contributed by atoms with Gasteiger partial charge in [0.1, 0.15) is 11.9 Å². The molecule has 2 aliphatic heterocycles. The molecule has 2 unspecified atom stereocenters. The molecule has 1 N–H and O–H groups in total. The van der Waals surface area contributed by atoms with E-state index in [1.807, 2.05) is 24.3 Å². The van der Waals surface area contributed by atoms with Gasteiger partial charge in [-0.3, -0.25) is 0 Å². The fourth-order valence-corrected chi connectivity index (χ4v) is 3.39. The van der Waals surface area contributed by atoms with E-state index in [1.165, 1.54) is 13.2 Å². The third kappa shape index (κ3) is 2.97. The number of methoxy groups -OCH3 is 1. The summed E-state index contributed by atoms with van der Waals surface area (Å²) in [6.07, 6.45) is 0.560. The predicted molar refractivity (Wildman–Crippen MR) is 94.6 cm³/mol. The molecule has 2 aromatic rings. The van der Waals surface area contributed by atoms with Gasteiger partial charge in [0.25, 0.3) is 0 Å². The molecular formula is C19H17FN4O3. The molecule has 2 aromatic carbocycles. The molecule has 0 aliphatic carbocycles. The van der Waals surface area contributed by atoms with Gasteiger partial charge in [0, 0.05) is 12.1 Å². The van der Waals surface area contributed by atoms with E-state index in [0.717, 1.165) is 11.1 Å². The molecule has 4 rings (SSSR count). The highest BCUT2D eigenvalue weighted by Crippen LogP contribution is 2.47. The second-order valence-corrected chi connectivity index (χ2v) is 6.30. The number of hydrogen-bond acceptors (Lipinski definition) is 6. The van der Waals surface area contributed by atoms with Crippen LogP contribution in [-0.2, 0) is 28.2 Å². The summed E-state index contributed by atoms with van der Waals surface area (Å²) in [6.45, 7) is 0.447. The maximum Gasteiger partial charge on any atom is 0.407 e. The van der Waals surface area contributed by atoms with Gasteiger partial charge >= 0.3 is 6.09 Å². The number of ether oxygens (including phenoxy) is 2. The summed E-state index contributed by atoms with van der Waals surface area (Å²) in [5.74, 6) is -0.440. The van der Waals surface area contributed by atoms with E-state index in [2.05, 4.69) is 25.5 Å². The van der Waals surface area contributed by atoms with Gasteiger partial charge < -0.3 is 14.8 Å². The summed E-state index contributed by atoms with van der Waals surface area (Å²) in [5.41, 5.74) is 2.08. The Balaban J connectivity index is 1.73. The standard InChI is InChI=1S/C19H17FN4O3/c1-26-18(25)21-9-13-8-14(6-7-16(13)20)19(11-22-24-23-19)17-15-5-3-2-4-12(15)10-27-17/h2-8,11,17H,9-10H2,1H3,(H,21,25). The fourth-order valence-electron chi connectivity index (χ4n) is 3.39. The van der Waals surface area contributed by atoms with Crippen LogP contribution in [0.15, 0.2) is 57.9 Å². The van der Waals surface area contributed by atoms with Crippen molar-refractivity contribution in [2.24, 2.45) is 15.4 Å². The zero-order chi connectivity index (χ0) is 18.9. The van der Waals surface area contributed by atoms with Crippen LogP contribution in [0, 0.1) is 5.82 Å². The Kier molecular flexibility index (Phi) is 4.41. The van der Waals surface area contributed by atoms with Gasteiger partial charge in [-0.2, -0.15) is 0 Å². The van der Waals surface area contributed by atoms with Crippen LogP contribution < -0.4 is 5.32 Å². The van der Waals surface area contributed by atoms with Gasteiger partial charge in [0.15, 0.2) is 5.54 Å². The second kappa shape index (κ2) is 6.88. The molecule has 0 fully saturated rings. The number of benzene rings is 2. The third-order valence-electron chi connectivity index (χ3n) is 4.78. The van der Waals surface area contributed by atoms with Crippen molar-refractivity contribution in [2.45, 2.75) is 24.8 Å². The first kappa shape index (κ1) is 17.3. The molecule has 0 aromatic heterocycles. The number of fused-ring (bicyclic) bond motifs is 1. The number of alkyl carbamates (subject to hydrolysis) is 1. The van der Waals surface area contributed by atoms with Crippen molar-refractivity contribution >= 4 is 12.3 Å². The van der Waals surface area contributed by atoms with Crippen molar-refractivity contribution in [3.63, 3.8) is 0 Å². The van der Waals surface area contributed by atoms with Gasteiger partial charge in [-0.05, 0) is 34.0 Å². The minimum atomic E-state index is -0.986. The number of rotatable bonds is 4. The smallest absolute Gasteiger partial charge is 0.407 e. The SMILES string of the molecule is COC(=O)NCc1cc(C2(C3OCc4ccccc43)C=NN=N2)ccc1F. The van der Waals surface area contributed by atoms with E-state index in [4.69, 9.17) is 4.74 Å². The number of hydrogen-bond donors (Lipinski definition) is 1. The highest BCUT2D eigenvalue weighted by molar-refractivity contribution is 5.76. The molecule has 0 saturated carbocycles. The Morgan fingerprint density at radius 2 is 2.22 bits per heavy atom. The summed E-state index contributed by atoms with van der Waals surface area (Å²) in [7, 11) is 1.25. The maximum atomic E-state index is 14.2. The van der Waals surface area contributed by atoms with Gasteiger partial charge in [0.2, 0.25) is 0 Å². The van der Waals surface area contributed by atoms with Crippen LogP contribution in [0.4, 0.5) is 9.18 Å². The number of carbonyl (C=O) groups is 1. The lowest BCUT2D eigenvalue weighted by molar-refractivity contribution is 0.0313. The summed E-state index contributed by atoms with van der Waals surface area (Å²) in [5, 5.41) is 14.6. The Labute approximate surface area is 154 Å². The maximum absolute atomic E-state index is 14.2. The number of nitrogens with one attached hydrogen (secondary N) is 1. The normalized spacial score (nSPS) is 22.7. The average Bonchev–Trinajstić information content (AvgIpc) is 3.34. The fraction of sp³-hybridized carbons (Fsp3) is 0.263. The van der Waals surface area contributed by atoms with E-state index in [1.54, 1.807) is 18.3 Å². The number of nitrogens with zero attached hydrogens (tertiary/aromatic N) is 3. The van der Waals surface area contributed by atoms with E-state index >= 15 is 0 Å².